The molecule has 0 N–H and O–H groups in total. The van der Waals surface area contributed by atoms with Gasteiger partial charge in [-0.15, -0.1) is 0 Å². The van der Waals surface area contributed by atoms with Crippen molar-refractivity contribution in [2.45, 2.75) is 59.8 Å². The monoisotopic (exact) mass is 275 g/mol. The second kappa shape index (κ2) is 6.15. The predicted octanol–water partition coefficient (Wildman–Crippen LogP) is 5.12. The first-order chi connectivity index (χ1) is 9.39. The van der Waals surface area contributed by atoms with E-state index in [1.165, 1.54) is 37.7 Å². The van der Waals surface area contributed by atoms with E-state index in [9.17, 15) is 0 Å². The summed E-state index contributed by atoms with van der Waals surface area (Å²) in [5, 5.41) is 0. The van der Waals surface area contributed by atoms with Crippen LogP contribution in [0.25, 0.3) is 0 Å². The SMILES string of the molecule is C=C(/C=C(\N=C(\C)C(C)C)OCC1(C)CC1)C1CCC1. The summed E-state index contributed by atoms with van der Waals surface area (Å²) in [6, 6.07) is 0. The number of ether oxygens (including phenoxy) is 1. The maximum absolute atomic E-state index is 5.99. The Hall–Kier alpha value is -1.05. The summed E-state index contributed by atoms with van der Waals surface area (Å²) in [5.74, 6) is 1.87. The van der Waals surface area contributed by atoms with Crippen LogP contribution in [-0.2, 0) is 4.74 Å². The molecule has 2 nitrogen and oxygen atoms in total. The van der Waals surface area contributed by atoms with Crippen LogP contribution in [0.5, 0.6) is 0 Å². The van der Waals surface area contributed by atoms with Crippen molar-refractivity contribution < 1.29 is 4.74 Å². The highest BCUT2D eigenvalue weighted by molar-refractivity contribution is 5.84. The van der Waals surface area contributed by atoms with Gasteiger partial charge in [-0.3, -0.25) is 0 Å². The van der Waals surface area contributed by atoms with Crippen LogP contribution in [0.2, 0.25) is 0 Å². The van der Waals surface area contributed by atoms with E-state index < -0.39 is 0 Å². The fraction of sp³-hybridized carbons (Fsp3) is 0.722. The van der Waals surface area contributed by atoms with Gasteiger partial charge in [0.25, 0.3) is 0 Å². The molecule has 2 fully saturated rings. The van der Waals surface area contributed by atoms with Crippen molar-refractivity contribution in [3.63, 3.8) is 0 Å². The fourth-order valence-corrected chi connectivity index (χ4v) is 2.07. The number of hydrogen-bond acceptors (Lipinski definition) is 2. The zero-order valence-corrected chi connectivity index (χ0v) is 13.5. The molecule has 0 aliphatic heterocycles. The average molecular weight is 275 g/mol. The van der Waals surface area contributed by atoms with E-state index in [1.54, 1.807) is 0 Å². The second-order valence-electron chi connectivity index (χ2n) is 7.19. The van der Waals surface area contributed by atoms with Crippen molar-refractivity contribution >= 4 is 5.71 Å². The Labute approximate surface area is 124 Å². The van der Waals surface area contributed by atoms with Crippen LogP contribution >= 0.6 is 0 Å². The van der Waals surface area contributed by atoms with E-state index in [2.05, 4.69) is 45.3 Å². The molecule has 0 spiro atoms. The van der Waals surface area contributed by atoms with Crippen LogP contribution in [0.4, 0.5) is 0 Å². The minimum Gasteiger partial charge on any atom is -0.477 e. The minimum absolute atomic E-state index is 0.387. The molecule has 2 aliphatic carbocycles. The molecule has 0 aromatic heterocycles. The Bertz CT molecular complexity index is 423. The van der Waals surface area contributed by atoms with Gasteiger partial charge in [0.15, 0.2) is 0 Å². The highest BCUT2D eigenvalue weighted by atomic mass is 16.5. The predicted molar refractivity (Wildman–Crippen MR) is 85.8 cm³/mol. The van der Waals surface area contributed by atoms with Crippen molar-refractivity contribution in [1.29, 1.82) is 0 Å². The molecule has 20 heavy (non-hydrogen) atoms. The molecule has 0 unspecified atom stereocenters. The molecule has 2 saturated carbocycles. The lowest BCUT2D eigenvalue weighted by atomic mass is 9.80. The number of rotatable bonds is 7. The van der Waals surface area contributed by atoms with Gasteiger partial charge in [-0.25, -0.2) is 4.99 Å². The first-order valence-corrected chi connectivity index (χ1v) is 7.98. The standard InChI is InChI=1S/C18H29NO/c1-13(2)15(4)19-17(20-12-18(5)9-10-18)11-14(3)16-7-6-8-16/h11,13,16H,3,6-10,12H2,1-2,4-5H3/b17-11+,19-15-. The largest absolute Gasteiger partial charge is 0.477 e. The summed E-state index contributed by atoms with van der Waals surface area (Å²) in [4.78, 5) is 4.68. The Morgan fingerprint density at radius 3 is 2.50 bits per heavy atom. The lowest BCUT2D eigenvalue weighted by Crippen LogP contribution is -2.13. The van der Waals surface area contributed by atoms with E-state index in [4.69, 9.17) is 4.74 Å². The van der Waals surface area contributed by atoms with E-state index >= 15 is 0 Å². The first-order valence-electron chi connectivity index (χ1n) is 7.98. The van der Waals surface area contributed by atoms with Crippen LogP contribution in [0, 0.1) is 17.3 Å². The van der Waals surface area contributed by atoms with Crippen molar-refractivity contribution in [1.82, 2.24) is 0 Å². The zero-order chi connectivity index (χ0) is 14.8. The zero-order valence-electron chi connectivity index (χ0n) is 13.5. The van der Waals surface area contributed by atoms with Gasteiger partial charge < -0.3 is 4.74 Å². The maximum Gasteiger partial charge on any atom is 0.213 e. The normalized spacial score (nSPS) is 22.6. The highest BCUT2D eigenvalue weighted by Gasteiger charge is 2.38. The number of allylic oxidation sites excluding steroid dienone is 2. The maximum atomic E-state index is 5.99. The fourth-order valence-electron chi connectivity index (χ4n) is 2.07. The highest BCUT2D eigenvalue weighted by Crippen LogP contribution is 2.45. The van der Waals surface area contributed by atoms with Gasteiger partial charge in [-0.05, 0) is 50.0 Å². The Morgan fingerprint density at radius 1 is 1.40 bits per heavy atom. The second-order valence-corrected chi connectivity index (χ2v) is 7.19. The third-order valence-electron chi connectivity index (χ3n) is 4.73. The van der Waals surface area contributed by atoms with Gasteiger partial charge in [-0.2, -0.15) is 0 Å². The molecule has 0 aromatic carbocycles. The third-order valence-corrected chi connectivity index (χ3v) is 4.73. The van der Waals surface area contributed by atoms with Gasteiger partial charge in [-0.1, -0.05) is 33.8 Å². The van der Waals surface area contributed by atoms with Crippen LogP contribution in [0.1, 0.15) is 59.8 Å². The summed E-state index contributed by atoms with van der Waals surface area (Å²) in [6.45, 7) is 13.7. The molecule has 0 aromatic rings. The summed E-state index contributed by atoms with van der Waals surface area (Å²) in [6.07, 6.45) is 8.50. The molecule has 0 atom stereocenters. The average Bonchev–Trinajstić information content (AvgIpc) is 3.02. The van der Waals surface area contributed by atoms with Gasteiger partial charge >= 0.3 is 0 Å². The molecular formula is C18H29NO. The van der Waals surface area contributed by atoms with Crippen LogP contribution < -0.4 is 0 Å². The topological polar surface area (TPSA) is 21.6 Å². The lowest BCUT2D eigenvalue weighted by molar-refractivity contribution is 0.160. The summed E-state index contributed by atoms with van der Waals surface area (Å²) in [7, 11) is 0. The summed E-state index contributed by atoms with van der Waals surface area (Å²) >= 11 is 0. The summed E-state index contributed by atoms with van der Waals surface area (Å²) in [5.41, 5.74) is 2.70. The van der Waals surface area contributed by atoms with Crippen LogP contribution in [-0.4, -0.2) is 12.3 Å². The first kappa shape index (κ1) is 15.3. The smallest absolute Gasteiger partial charge is 0.213 e. The van der Waals surface area contributed by atoms with E-state index in [0.717, 1.165) is 18.2 Å². The Kier molecular flexibility index (Phi) is 4.72. The van der Waals surface area contributed by atoms with Gasteiger partial charge in [0.2, 0.25) is 5.88 Å². The van der Waals surface area contributed by atoms with Gasteiger partial charge in [0.1, 0.15) is 0 Å². The molecule has 0 heterocycles. The van der Waals surface area contributed by atoms with Gasteiger partial charge in [0.05, 0.1) is 6.61 Å². The van der Waals surface area contributed by atoms with E-state index in [0.29, 0.717) is 17.3 Å². The minimum atomic E-state index is 0.387. The Balaban J connectivity index is 2.03. The number of hydrogen-bond donors (Lipinski definition) is 0. The molecular weight excluding hydrogens is 246 g/mol. The molecule has 0 saturated heterocycles. The van der Waals surface area contributed by atoms with Crippen molar-refractivity contribution in [2.75, 3.05) is 6.61 Å². The molecule has 0 bridgehead atoms. The van der Waals surface area contributed by atoms with E-state index in [1.807, 2.05) is 0 Å². The van der Waals surface area contributed by atoms with Crippen LogP contribution in [0.15, 0.2) is 29.1 Å². The van der Waals surface area contributed by atoms with Crippen molar-refractivity contribution in [3.05, 3.63) is 24.1 Å². The van der Waals surface area contributed by atoms with Gasteiger partial charge in [0, 0.05) is 17.2 Å². The number of nitrogens with zero attached hydrogens (tertiary/aromatic N) is 1. The van der Waals surface area contributed by atoms with Crippen molar-refractivity contribution in [3.8, 4) is 0 Å². The van der Waals surface area contributed by atoms with E-state index in [-0.39, 0.29) is 0 Å². The molecule has 2 rings (SSSR count). The van der Waals surface area contributed by atoms with Crippen molar-refractivity contribution in [2.24, 2.45) is 22.2 Å². The molecule has 0 amide bonds. The molecule has 2 heteroatoms. The Morgan fingerprint density at radius 2 is 2.05 bits per heavy atom. The third kappa shape index (κ3) is 4.22. The lowest BCUT2D eigenvalue weighted by Gasteiger charge is -2.26. The number of aliphatic imine (C=N–C) groups is 1. The van der Waals surface area contributed by atoms with Crippen LogP contribution in [0.3, 0.4) is 0 Å². The quantitative estimate of drug-likeness (QED) is 0.359. The summed E-state index contributed by atoms with van der Waals surface area (Å²) < 4.78 is 5.99. The molecule has 0 radical (unpaired) electrons. The molecule has 112 valence electrons. The molecule has 2 aliphatic rings.